The zero-order valence-electron chi connectivity index (χ0n) is 19.1. The van der Waals surface area contributed by atoms with Gasteiger partial charge in [-0.15, -0.1) is 0 Å². The summed E-state index contributed by atoms with van der Waals surface area (Å²) in [7, 11) is 0. The van der Waals surface area contributed by atoms with Gasteiger partial charge in [-0.2, -0.15) is 0 Å². The topological polar surface area (TPSA) is 56.7 Å². The molecule has 0 spiro atoms. The Balaban J connectivity index is 1.75. The number of pyridine rings is 2. The van der Waals surface area contributed by atoms with Crippen LogP contribution in [0.1, 0.15) is 32.2 Å². The Morgan fingerprint density at radius 3 is 2.42 bits per heavy atom. The molecule has 5 heteroatoms. The van der Waals surface area contributed by atoms with Crippen molar-refractivity contribution in [1.82, 2.24) is 19.5 Å². The van der Waals surface area contributed by atoms with Gasteiger partial charge in [0.25, 0.3) is 0 Å². The molecule has 0 bridgehead atoms. The molecule has 5 nitrogen and oxygen atoms in total. The Morgan fingerprint density at radius 2 is 1.64 bits per heavy atom. The highest BCUT2D eigenvalue weighted by Crippen LogP contribution is 2.38. The lowest BCUT2D eigenvalue weighted by molar-refractivity contribution is 0.574. The molecule has 0 amide bonds. The van der Waals surface area contributed by atoms with E-state index in [2.05, 4.69) is 66.7 Å². The van der Waals surface area contributed by atoms with Gasteiger partial charge in [-0.1, -0.05) is 51.1 Å². The van der Waals surface area contributed by atoms with E-state index in [1.807, 2.05) is 43.5 Å². The largest absolute Gasteiger partial charge is 0.437 e. The first-order valence-electron chi connectivity index (χ1n) is 11.1. The molecule has 0 aliphatic rings. The van der Waals surface area contributed by atoms with Crippen molar-refractivity contribution >= 4 is 33.1 Å². The van der Waals surface area contributed by atoms with Gasteiger partial charge >= 0.3 is 0 Å². The Kier molecular flexibility index (Phi) is 4.18. The van der Waals surface area contributed by atoms with E-state index >= 15 is 0 Å². The summed E-state index contributed by atoms with van der Waals surface area (Å²) in [5.74, 6) is 0.830. The normalized spacial score (nSPS) is 12.2. The second-order valence-electron chi connectivity index (χ2n) is 9.47. The summed E-state index contributed by atoms with van der Waals surface area (Å²) in [4.78, 5) is 14.5. The Bertz CT molecular complexity index is 1650. The first-order chi connectivity index (χ1) is 15.9. The fourth-order valence-corrected chi connectivity index (χ4v) is 4.52. The second kappa shape index (κ2) is 7.01. The summed E-state index contributed by atoms with van der Waals surface area (Å²) < 4.78 is 8.52. The molecular weight excluding hydrogens is 408 g/mol. The minimum Gasteiger partial charge on any atom is -0.437 e. The second-order valence-corrected chi connectivity index (χ2v) is 9.47. The predicted octanol–water partition coefficient (Wildman–Crippen LogP) is 6.99. The fraction of sp³-hybridized carbons (Fsp3) is 0.179. The van der Waals surface area contributed by atoms with Crippen LogP contribution < -0.4 is 0 Å². The maximum absolute atomic E-state index is 6.32. The molecular formula is C28H24N4O. The smallest absolute Gasteiger partial charge is 0.227 e. The number of rotatable bonds is 2. The fourth-order valence-electron chi connectivity index (χ4n) is 4.52. The van der Waals surface area contributed by atoms with Crippen LogP contribution in [-0.2, 0) is 5.41 Å². The van der Waals surface area contributed by atoms with Gasteiger partial charge in [-0.3, -0.25) is 9.55 Å². The molecule has 0 saturated carbocycles. The molecule has 0 atom stereocenters. The van der Waals surface area contributed by atoms with Crippen molar-refractivity contribution in [3.05, 3.63) is 84.3 Å². The summed E-state index contributed by atoms with van der Waals surface area (Å²) in [5.41, 5.74) is 7.13. The molecule has 0 fully saturated rings. The van der Waals surface area contributed by atoms with Crippen LogP contribution in [-0.4, -0.2) is 19.5 Å². The molecule has 4 aromatic heterocycles. The van der Waals surface area contributed by atoms with Crippen LogP contribution in [0.15, 0.2) is 77.3 Å². The molecule has 0 aliphatic heterocycles. The van der Waals surface area contributed by atoms with Crippen LogP contribution in [0.4, 0.5) is 0 Å². The SMILES string of the molecule is Cc1ccc2c(n1)oc1c(-c3nc4c(C(C)(C)C)nccc4n3-c3ccccc3)cccc12. The Labute approximate surface area is 191 Å². The van der Waals surface area contributed by atoms with E-state index in [-0.39, 0.29) is 5.41 Å². The van der Waals surface area contributed by atoms with Gasteiger partial charge in [0.05, 0.1) is 16.8 Å². The van der Waals surface area contributed by atoms with Gasteiger partial charge in [-0.25, -0.2) is 9.97 Å². The highest BCUT2D eigenvalue weighted by Gasteiger charge is 2.25. The number of benzene rings is 2. The Hall–Kier alpha value is -3.99. The van der Waals surface area contributed by atoms with E-state index in [1.54, 1.807) is 0 Å². The van der Waals surface area contributed by atoms with Crippen LogP contribution >= 0.6 is 0 Å². The molecule has 0 N–H and O–H groups in total. The van der Waals surface area contributed by atoms with Crippen molar-refractivity contribution in [2.45, 2.75) is 33.1 Å². The van der Waals surface area contributed by atoms with Crippen LogP contribution in [0.2, 0.25) is 0 Å². The number of hydrogen-bond acceptors (Lipinski definition) is 4. The van der Waals surface area contributed by atoms with Gasteiger partial charge < -0.3 is 4.42 Å². The molecule has 0 saturated heterocycles. The van der Waals surface area contributed by atoms with Crippen molar-refractivity contribution in [2.24, 2.45) is 0 Å². The van der Waals surface area contributed by atoms with Crippen LogP contribution in [0.5, 0.6) is 0 Å². The quantitative estimate of drug-likeness (QED) is 0.296. The molecule has 6 aromatic rings. The number of fused-ring (bicyclic) bond motifs is 4. The summed E-state index contributed by atoms with van der Waals surface area (Å²) in [6.07, 6.45) is 1.88. The van der Waals surface area contributed by atoms with E-state index < -0.39 is 0 Å². The lowest BCUT2D eigenvalue weighted by atomic mass is 9.91. The molecule has 0 radical (unpaired) electrons. The molecule has 0 aliphatic carbocycles. The maximum Gasteiger partial charge on any atom is 0.227 e. The maximum atomic E-state index is 6.32. The van der Waals surface area contributed by atoms with Crippen molar-refractivity contribution < 1.29 is 4.42 Å². The van der Waals surface area contributed by atoms with Crippen molar-refractivity contribution in [1.29, 1.82) is 0 Å². The number of nitrogens with zero attached hydrogens (tertiary/aromatic N) is 4. The molecule has 6 rings (SSSR count). The highest BCUT2D eigenvalue weighted by atomic mass is 16.3. The molecule has 0 unspecified atom stereocenters. The van der Waals surface area contributed by atoms with E-state index in [1.165, 1.54) is 0 Å². The third kappa shape index (κ3) is 3.04. The Morgan fingerprint density at radius 1 is 0.818 bits per heavy atom. The standard InChI is InChI=1S/C28H24N4O/c1-17-13-14-20-19-11-8-12-21(24(19)33-27(20)30-17)26-31-23-22(15-16-29-25(23)28(2,3)4)32(26)18-9-6-5-7-10-18/h5-16H,1-4H3. The molecule has 162 valence electrons. The molecule has 2 aromatic carbocycles. The zero-order chi connectivity index (χ0) is 22.7. The first-order valence-corrected chi connectivity index (χ1v) is 11.1. The third-order valence-corrected chi connectivity index (χ3v) is 6.04. The molecule has 33 heavy (non-hydrogen) atoms. The summed E-state index contributed by atoms with van der Waals surface area (Å²) in [6.45, 7) is 8.49. The lowest BCUT2D eigenvalue weighted by Crippen LogP contribution is -2.14. The summed E-state index contributed by atoms with van der Waals surface area (Å²) >= 11 is 0. The van der Waals surface area contributed by atoms with Crippen LogP contribution in [0.25, 0.3) is 50.2 Å². The van der Waals surface area contributed by atoms with E-state index in [0.29, 0.717) is 5.71 Å². The highest BCUT2D eigenvalue weighted by molar-refractivity contribution is 6.08. The number of hydrogen-bond donors (Lipinski definition) is 0. The van der Waals surface area contributed by atoms with Crippen LogP contribution in [0, 0.1) is 6.92 Å². The van der Waals surface area contributed by atoms with Gasteiger partial charge in [0.1, 0.15) is 16.9 Å². The lowest BCUT2D eigenvalue weighted by Gasteiger charge is -2.17. The van der Waals surface area contributed by atoms with Gasteiger partial charge in [0.15, 0.2) is 0 Å². The van der Waals surface area contributed by atoms with Crippen molar-refractivity contribution in [3.63, 3.8) is 0 Å². The summed E-state index contributed by atoms with van der Waals surface area (Å²) in [5, 5.41) is 2.05. The number of para-hydroxylation sites is 2. The molecule has 4 heterocycles. The van der Waals surface area contributed by atoms with E-state index in [4.69, 9.17) is 14.4 Å². The third-order valence-electron chi connectivity index (χ3n) is 6.04. The zero-order valence-corrected chi connectivity index (χ0v) is 19.1. The van der Waals surface area contributed by atoms with Crippen LogP contribution in [0.3, 0.4) is 0 Å². The number of furan rings is 1. The number of aryl methyl sites for hydroxylation is 1. The van der Waals surface area contributed by atoms with Crippen molar-refractivity contribution in [3.8, 4) is 17.1 Å². The minimum absolute atomic E-state index is 0.139. The predicted molar refractivity (Wildman–Crippen MR) is 133 cm³/mol. The van der Waals surface area contributed by atoms with Gasteiger partial charge in [-0.05, 0) is 43.3 Å². The monoisotopic (exact) mass is 432 g/mol. The minimum atomic E-state index is -0.139. The average molecular weight is 433 g/mol. The number of imidazole rings is 1. The first kappa shape index (κ1) is 19.7. The van der Waals surface area contributed by atoms with Gasteiger partial charge in [0, 0.05) is 33.8 Å². The average Bonchev–Trinajstić information content (AvgIpc) is 3.36. The van der Waals surface area contributed by atoms with E-state index in [9.17, 15) is 0 Å². The van der Waals surface area contributed by atoms with E-state index in [0.717, 1.165) is 55.9 Å². The van der Waals surface area contributed by atoms with Gasteiger partial charge in [0.2, 0.25) is 5.71 Å². The summed E-state index contributed by atoms with van der Waals surface area (Å²) in [6, 6.07) is 22.7. The number of aromatic nitrogens is 4. The van der Waals surface area contributed by atoms with Crippen molar-refractivity contribution in [2.75, 3.05) is 0 Å².